The lowest BCUT2D eigenvalue weighted by Gasteiger charge is -1.90. The maximum Gasteiger partial charge on any atom is 0.0178 e. The molecule has 27 heavy (non-hydrogen) atoms. The molecule has 0 spiro atoms. The third-order valence-corrected chi connectivity index (χ3v) is 3.24. The number of nitrogens with two attached hydrogens (primary N) is 3. The SMILES string of the molecule is Br.Br.Br.NCc1ccccc1.NCc1ccccc1.NCc1ccccc1. The van der Waals surface area contributed by atoms with Crippen LogP contribution in [0.15, 0.2) is 91.0 Å². The van der Waals surface area contributed by atoms with Crippen LogP contribution in [0.25, 0.3) is 0 Å². The molecule has 0 heterocycles. The predicted octanol–water partition coefficient (Wildman–Crippen LogP) is 5.17. The van der Waals surface area contributed by atoms with Crippen molar-refractivity contribution in [2.45, 2.75) is 19.6 Å². The number of benzene rings is 3. The first-order valence-corrected chi connectivity index (χ1v) is 8.02. The summed E-state index contributed by atoms with van der Waals surface area (Å²) in [6.07, 6.45) is 0. The second kappa shape index (κ2) is 21.3. The highest BCUT2D eigenvalue weighted by Crippen LogP contribution is 1.95. The van der Waals surface area contributed by atoms with E-state index in [1.54, 1.807) is 0 Å². The first-order valence-electron chi connectivity index (χ1n) is 8.02. The van der Waals surface area contributed by atoms with Crippen LogP contribution < -0.4 is 17.2 Å². The van der Waals surface area contributed by atoms with Crippen molar-refractivity contribution >= 4 is 50.9 Å². The van der Waals surface area contributed by atoms with Gasteiger partial charge < -0.3 is 17.2 Å². The van der Waals surface area contributed by atoms with Gasteiger partial charge in [-0.05, 0) is 16.7 Å². The van der Waals surface area contributed by atoms with Gasteiger partial charge in [0.1, 0.15) is 0 Å². The standard InChI is InChI=1S/3C7H9N.3BrH/c3*8-6-7-4-2-1-3-5-7;;;/h3*1-5H,6,8H2;3*1H. The molecule has 3 aromatic carbocycles. The van der Waals surface area contributed by atoms with Gasteiger partial charge >= 0.3 is 0 Å². The normalized spacial score (nSPS) is 8.11. The van der Waals surface area contributed by atoms with E-state index in [1.165, 1.54) is 16.7 Å². The Labute approximate surface area is 194 Å². The average Bonchev–Trinajstić information content (AvgIpc) is 2.71. The summed E-state index contributed by atoms with van der Waals surface area (Å²) in [7, 11) is 0. The molecule has 6 N–H and O–H groups in total. The van der Waals surface area contributed by atoms with Crippen molar-refractivity contribution in [3.05, 3.63) is 108 Å². The van der Waals surface area contributed by atoms with E-state index in [9.17, 15) is 0 Å². The smallest absolute Gasteiger partial charge is 0.0178 e. The Kier molecular flexibility index (Phi) is 24.2. The molecule has 0 radical (unpaired) electrons. The zero-order valence-corrected chi connectivity index (χ0v) is 20.4. The van der Waals surface area contributed by atoms with Crippen molar-refractivity contribution in [3.8, 4) is 0 Å². The highest BCUT2D eigenvalue weighted by molar-refractivity contribution is 8.93. The molecule has 0 aliphatic heterocycles. The Hall–Kier alpha value is -1.02. The third-order valence-electron chi connectivity index (χ3n) is 3.24. The molecule has 6 heteroatoms. The lowest BCUT2D eigenvalue weighted by Crippen LogP contribution is -1.94. The van der Waals surface area contributed by atoms with Crippen molar-refractivity contribution in [1.82, 2.24) is 0 Å². The van der Waals surface area contributed by atoms with Crippen LogP contribution in [0, 0.1) is 0 Å². The molecule has 3 nitrogen and oxygen atoms in total. The van der Waals surface area contributed by atoms with Gasteiger partial charge in [-0.3, -0.25) is 0 Å². The minimum absolute atomic E-state index is 0. The number of hydrogen-bond acceptors (Lipinski definition) is 3. The second-order valence-corrected chi connectivity index (χ2v) is 5.07. The molecule has 0 aliphatic rings. The average molecular weight is 564 g/mol. The van der Waals surface area contributed by atoms with Gasteiger partial charge in [0.2, 0.25) is 0 Å². The minimum Gasteiger partial charge on any atom is -0.326 e. The van der Waals surface area contributed by atoms with E-state index in [0.717, 1.165) is 0 Å². The van der Waals surface area contributed by atoms with E-state index >= 15 is 0 Å². The van der Waals surface area contributed by atoms with E-state index in [2.05, 4.69) is 0 Å². The Bertz CT molecular complexity index is 545. The van der Waals surface area contributed by atoms with Gasteiger partial charge in [-0.1, -0.05) is 91.0 Å². The Morgan fingerprint density at radius 3 is 0.667 bits per heavy atom. The molecule has 150 valence electrons. The zero-order valence-electron chi connectivity index (χ0n) is 15.2. The van der Waals surface area contributed by atoms with Gasteiger partial charge in [-0.2, -0.15) is 0 Å². The maximum absolute atomic E-state index is 5.35. The van der Waals surface area contributed by atoms with E-state index in [-0.39, 0.29) is 50.9 Å². The van der Waals surface area contributed by atoms with E-state index < -0.39 is 0 Å². The van der Waals surface area contributed by atoms with Gasteiger partial charge in [0.15, 0.2) is 0 Å². The molecule has 0 atom stereocenters. The molecular formula is C21H30Br3N3. The molecule has 0 bridgehead atoms. The molecule has 0 amide bonds. The van der Waals surface area contributed by atoms with Gasteiger partial charge in [0, 0.05) is 19.6 Å². The highest BCUT2D eigenvalue weighted by atomic mass is 79.9. The molecule has 0 aromatic heterocycles. The van der Waals surface area contributed by atoms with Crippen molar-refractivity contribution in [2.75, 3.05) is 0 Å². The van der Waals surface area contributed by atoms with Gasteiger partial charge in [-0.15, -0.1) is 50.9 Å². The highest BCUT2D eigenvalue weighted by Gasteiger charge is 1.81. The lowest BCUT2D eigenvalue weighted by molar-refractivity contribution is 1.07. The third kappa shape index (κ3) is 15.7. The molecule has 3 rings (SSSR count). The molecule has 0 aliphatic carbocycles. The fraction of sp³-hybridized carbons (Fsp3) is 0.143. The summed E-state index contributed by atoms with van der Waals surface area (Å²) in [6, 6.07) is 30.0. The van der Waals surface area contributed by atoms with Crippen LogP contribution >= 0.6 is 50.9 Å². The fourth-order valence-electron chi connectivity index (χ4n) is 1.84. The fourth-order valence-corrected chi connectivity index (χ4v) is 1.84. The van der Waals surface area contributed by atoms with Crippen LogP contribution in [0.2, 0.25) is 0 Å². The van der Waals surface area contributed by atoms with Crippen molar-refractivity contribution in [3.63, 3.8) is 0 Å². The molecule has 3 aromatic rings. The molecule has 0 saturated carbocycles. The molecular weight excluding hydrogens is 534 g/mol. The van der Waals surface area contributed by atoms with Gasteiger partial charge in [0.25, 0.3) is 0 Å². The van der Waals surface area contributed by atoms with Crippen LogP contribution in [0.5, 0.6) is 0 Å². The first-order chi connectivity index (χ1) is 11.8. The van der Waals surface area contributed by atoms with Crippen molar-refractivity contribution in [1.29, 1.82) is 0 Å². The topological polar surface area (TPSA) is 78.1 Å². The van der Waals surface area contributed by atoms with E-state index in [4.69, 9.17) is 17.2 Å². The van der Waals surface area contributed by atoms with Crippen molar-refractivity contribution in [2.24, 2.45) is 17.2 Å². The van der Waals surface area contributed by atoms with E-state index in [1.807, 2.05) is 91.0 Å². The first kappa shape index (κ1) is 30.7. The minimum atomic E-state index is 0. The summed E-state index contributed by atoms with van der Waals surface area (Å²) in [5.41, 5.74) is 19.6. The Morgan fingerprint density at radius 1 is 0.370 bits per heavy atom. The molecule has 0 fully saturated rings. The summed E-state index contributed by atoms with van der Waals surface area (Å²) in [5.74, 6) is 0. The molecule has 0 saturated heterocycles. The van der Waals surface area contributed by atoms with Crippen LogP contribution in [-0.4, -0.2) is 0 Å². The maximum atomic E-state index is 5.35. The number of rotatable bonds is 3. The Morgan fingerprint density at radius 2 is 0.556 bits per heavy atom. The van der Waals surface area contributed by atoms with Crippen LogP contribution in [0.3, 0.4) is 0 Å². The predicted molar refractivity (Wildman–Crippen MR) is 134 cm³/mol. The van der Waals surface area contributed by atoms with Crippen LogP contribution in [0.1, 0.15) is 16.7 Å². The monoisotopic (exact) mass is 561 g/mol. The van der Waals surface area contributed by atoms with Crippen molar-refractivity contribution < 1.29 is 0 Å². The summed E-state index contributed by atoms with van der Waals surface area (Å²) in [6.45, 7) is 1.92. The number of hydrogen-bond donors (Lipinski definition) is 3. The summed E-state index contributed by atoms with van der Waals surface area (Å²) in [5, 5.41) is 0. The quantitative estimate of drug-likeness (QED) is 0.411. The lowest BCUT2D eigenvalue weighted by atomic mass is 10.2. The summed E-state index contributed by atoms with van der Waals surface area (Å²) < 4.78 is 0. The summed E-state index contributed by atoms with van der Waals surface area (Å²) >= 11 is 0. The van der Waals surface area contributed by atoms with Gasteiger partial charge in [0.05, 0.1) is 0 Å². The molecule has 0 unspecified atom stereocenters. The number of halogens is 3. The van der Waals surface area contributed by atoms with Crippen LogP contribution in [0.4, 0.5) is 0 Å². The van der Waals surface area contributed by atoms with Crippen LogP contribution in [-0.2, 0) is 19.6 Å². The Balaban J connectivity index is -0.000000303. The largest absolute Gasteiger partial charge is 0.326 e. The van der Waals surface area contributed by atoms with Gasteiger partial charge in [-0.25, -0.2) is 0 Å². The summed E-state index contributed by atoms with van der Waals surface area (Å²) in [4.78, 5) is 0. The second-order valence-electron chi connectivity index (χ2n) is 5.07. The van der Waals surface area contributed by atoms with E-state index in [0.29, 0.717) is 19.6 Å². The zero-order chi connectivity index (χ0) is 17.5.